The summed E-state index contributed by atoms with van der Waals surface area (Å²) in [5.41, 5.74) is 0.836. The highest BCUT2D eigenvalue weighted by atomic mass is 79.9. The number of ether oxygens (including phenoxy) is 2. The van der Waals surface area contributed by atoms with Crippen LogP contribution in [-0.2, 0) is 11.3 Å². The Kier molecular flexibility index (Phi) is 5.90. The van der Waals surface area contributed by atoms with Crippen LogP contribution in [0.1, 0.15) is 5.56 Å². The van der Waals surface area contributed by atoms with Crippen LogP contribution in [0.5, 0.6) is 5.75 Å². The van der Waals surface area contributed by atoms with Gasteiger partial charge < -0.3 is 14.8 Å². The molecule has 0 aliphatic carbocycles. The molecule has 0 amide bonds. The SMILES string of the molecule is CNCc1cccc(Br)c1OCOCC(F)(F)F. The summed E-state index contributed by atoms with van der Waals surface area (Å²) in [6.07, 6.45) is -4.34. The van der Waals surface area contributed by atoms with Crippen molar-refractivity contribution in [3.8, 4) is 5.75 Å². The fraction of sp³-hybridized carbons (Fsp3) is 0.455. The molecule has 0 aliphatic rings. The Morgan fingerprint density at radius 3 is 2.67 bits per heavy atom. The normalized spacial score (nSPS) is 11.6. The van der Waals surface area contributed by atoms with Gasteiger partial charge >= 0.3 is 6.18 Å². The summed E-state index contributed by atoms with van der Waals surface area (Å²) >= 11 is 3.28. The van der Waals surface area contributed by atoms with E-state index < -0.39 is 19.6 Å². The van der Waals surface area contributed by atoms with E-state index in [1.165, 1.54) is 0 Å². The van der Waals surface area contributed by atoms with Gasteiger partial charge in [0.1, 0.15) is 12.4 Å². The van der Waals surface area contributed by atoms with Crippen LogP contribution in [0.25, 0.3) is 0 Å². The van der Waals surface area contributed by atoms with E-state index in [2.05, 4.69) is 26.0 Å². The maximum Gasteiger partial charge on any atom is 0.411 e. The molecule has 0 aliphatic heterocycles. The standard InChI is InChI=1S/C11H13BrF3NO2/c1-16-5-8-3-2-4-9(12)10(8)18-7-17-6-11(13,14)15/h2-4,16H,5-7H2,1H3. The average molecular weight is 328 g/mol. The highest BCUT2D eigenvalue weighted by Crippen LogP contribution is 2.29. The zero-order valence-corrected chi connectivity index (χ0v) is 11.3. The fourth-order valence-corrected chi connectivity index (χ4v) is 1.82. The van der Waals surface area contributed by atoms with Crippen LogP contribution < -0.4 is 10.1 Å². The monoisotopic (exact) mass is 327 g/mol. The van der Waals surface area contributed by atoms with Crippen molar-refractivity contribution in [2.45, 2.75) is 12.7 Å². The molecule has 0 aromatic heterocycles. The second-order valence-electron chi connectivity index (χ2n) is 3.48. The van der Waals surface area contributed by atoms with Crippen molar-refractivity contribution >= 4 is 15.9 Å². The topological polar surface area (TPSA) is 30.5 Å². The number of rotatable bonds is 6. The average Bonchev–Trinajstić information content (AvgIpc) is 2.26. The van der Waals surface area contributed by atoms with Gasteiger partial charge in [-0.25, -0.2) is 0 Å². The van der Waals surface area contributed by atoms with Crippen LogP contribution in [0.4, 0.5) is 13.2 Å². The molecule has 0 radical (unpaired) electrons. The number of para-hydroxylation sites is 1. The predicted molar refractivity (Wildman–Crippen MR) is 64.4 cm³/mol. The lowest BCUT2D eigenvalue weighted by atomic mass is 10.2. The number of hydrogen-bond acceptors (Lipinski definition) is 3. The lowest BCUT2D eigenvalue weighted by Crippen LogP contribution is -2.19. The fourth-order valence-electron chi connectivity index (χ4n) is 1.30. The molecular formula is C11H13BrF3NO2. The third kappa shape index (κ3) is 5.24. The second kappa shape index (κ2) is 6.96. The van der Waals surface area contributed by atoms with Gasteiger partial charge in [-0.2, -0.15) is 13.2 Å². The smallest absolute Gasteiger partial charge is 0.411 e. The first-order chi connectivity index (χ1) is 8.44. The Morgan fingerprint density at radius 1 is 1.33 bits per heavy atom. The van der Waals surface area contributed by atoms with E-state index in [9.17, 15) is 13.2 Å². The summed E-state index contributed by atoms with van der Waals surface area (Å²) in [6.45, 7) is -1.22. The van der Waals surface area contributed by atoms with Crippen LogP contribution in [0.15, 0.2) is 22.7 Å². The van der Waals surface area contributed by atoms with Gasteiger partial charge in [-0.05, 0) is 29.0 Å². The summed E-state index contributed by atoms with van der Waals surface area (Å²) in [6, 6.07) is 5.39. The minimum absolute atomic E-state index is 0.446. The van der Waals surface area contributed by atoms with E-state index in [4.69, 9.17) is 4.74 Å². The predicted octanol–water partition coefficient (Wildman–Crippen LogP) is 3.08. The number of halogens is 4. The first kappa shape index (κ1) is 15.3. The van der Waals surface area contributed by atoms with E-state index >= 15 is 0 Å². The summed E-state index contributed by atoms with van der Waals surface area (Å²) in [5, 5.41) is 2.94. The highest BCUT2D eigenvalue weighted by molar-refractivity contribution is 9.10. The van der Waals surface area contributed by atoms with Gasteiger partial charge in [-0.15, -0.1) is 0 Å². The molecule has 3 nitrogen and oxygen atoms in total. The van der Waals surface area contributed by atoms with E-state index in [0.29, 0.717) is 16.8 Å². The van der Waals surface area contributed by atoms with Crippen molar-refractivity contribution in [1.82, 2.24) is 5.32 Å². The van der Waals surface area contributed by atoms with Gasteiger partial charge in [0.05, 0.1) is 4.47 Å². The molecule has 7 heteroatoms. The molecule has 1 N–H and O–H groups in total. The van der Waals surface area contributed by atoms with Crippen molar-refractivity contribution in [3.63, 3.8) is 0 Å². The molecule has 0 bridgehead atoms. The zero-order chi connectivity index (χ0) is 13.6. The zero-order valence-electron chi connectivity index (χ0n) is 9.68. The summed E-state index contributed by atoms with van der Waals surface area (Å²) < 4.78 is 45.9. The van der Waals surface area contributed by atoms with Crippen LogP contribution >= 0.6 is 15.9 Å². The molecule has 0 fully saturated rings. The van der Waals surface area contributed by atoms with Crippen LogP contribution in [0.3, 0.4) is 0 Å². The quantitative estimate of drug-likeness (QED) is 0.643. The molecule has 1 aromatic rings. The lowest BCUT2D eigenvalue weighted by molar-refractivity contribution is -0.186. The van der Waals surface area contributed by atoms with E-state index in [-0.39, 0.29) is 0 Å². The molecule has 0 saturated carbocycles. The highest BCUT2D eigenvalue weighted by Gasteiger charge is 2.27. The first-order valence-electron chi connectivity index (χ1n) is 5.13. The van der Waals surface area contributed by atoms with Crippen molar-refractivity contribution in [2.75, 3.05) is 20.4 Å². The Hall–Kier alpha value is -0.790. The van der Waals surface area contributed by atoms with Crippen molar-refractivity contribution < 1.29 is 22.6 Å². The molecule has 0 spiro atoms. The van der Waals surface area contributed by atoms with Crippen LogP contribution in [0.2, 0.25) is 0 Å². The Morgan fingerprint density at radius 2 is 2.06 bits per heavy atom. The number of hydrogen-bond donors (Lipinski definition) is 1. The lowest BCUT2D eigenvalue weighted by Gasteiger charge is -2.14. The van der Waals surface area contributed by atoms with Crippen molar-refractivity contribution in [1.29, 1.82) is 0 Å². The minimum atomic E-state index is -4.34. The van der Waals surface area contributed by atoms with Crippen molar-refractivity contribution in [3.05, 3.63) is 28.2 Å². The maximum atomic E-state index is 11.9. The third-order valence-electron chi connectivity index (χ3n) is 1.97. The molecule has 1 aromatic carbocycles. The molecule has 0 unspecified atom stereocenters. The third-order valence-corrected chi connectivity index (χ3v) is 2.59. The number of benzene rings is 1. The van der Waals surface area contributed by atoms with Crippen molar-refractivity contribution in [2.24, 2.45) is 0 Å². The Balaban J connectivity index is 2.55. The van der Waals surface area contributed by atoms with E-state index in [1.54, 1.807) is 13.1 Å². The molecule has 102 valence electrons. The van der Waals surface area contributed by atoms with Gasteiger partial charge in [-0.3, -0.25) is 0 Å². The van der Waals surface area contributed by atoms with Gasteiger partial charge in [0, 0.05) is 12.1 Å². The van der Waals surface area contributed by atoms with Gasteiger partial charge in [0.15, 0.2) is 6.79 Å². The maximum absolute atomic E-state index is 11.9. The summed E-state index contributed by atoms with van der Waals surface area (Å²) in [5.74, 6) is 0.481. The Labute approximate surface area is 111 Å². The van der Waals surface area contributed by atoms with E-state index in [0.717, 1.165) is 5.56 Å². The van der Waals surface area contributed by atoms with Gasteiger partial charge in [0.25, 0.3) is 0 Å². The number of alkyl halides is 3. The van der Waals surface area contributed by atoms with Gasteiger partial charge in [-0.1, -0.05) is 12.1 Å². The minimum Gasteiger partial charge on any atom is -0.466 e. The number of nitrogens with one attached hydrogen (secondary N) is 1. The molecule has 0 atom stereocenters. The molecular weight excluding hydrogens is 315 g/mol. The molecule has 0 heterocycles. The summed E-state index contributed by atoms with van der Waals surface area (Å²) in [7, 11) is 1.77. The largest absolute Gasteiger partial charge is 0.466 e. The Bertz CT molecular complexity index is 385. The van der Waals surface area contributed by atoms with Crippen LogP contribution in [0, 0.1) is 0 Å². The van der Waals surface area contributed by atoms with Crippen LogP contribution in [-0.4, -0.2) is 26.6 Å². The first-order valence-corrected chi connectivity index (χ1v) is 5.92. The van der Waals surface area contributed by atoms with Gasteiger partial charge in [0.2, 0.25) is 0 Å². The summed E-state index contributed by atoms with van der Waals surface area (Å²) in [4.78, 5) is 0. The second-order valence-corrected chi connectivity index (χ2v) is 4.34. The molecule has 18 heavy (non-hydrogen) atoms. The molecule has 0 saturated heterocycles. The molecule has 1 rings (SSSR count). The van der Waals surface area contributed by atoms with E-state index in [1.807, 2.05) is 12.1 Å².